The predicted molar refractivity (Wildman–Crippen MR) is 43.4 cm³/mol. The number of esters is 1. The zero-order valence-corrected chi connectivity index (χ0v) is 8.06. The standard InChI is InChI=1S/C9H12O5/c1-9(2)13-5-4-3-11-7(6(5)14-9)8(10)12-4/h4-7H,3H2,1-2H3/t4-,5-,6-,7+/m1/s1. The van der Waals surface area contributed by atoms with Crippen molar-refractivity contribution in [1.82, 2.24) is 0 Å². The Hall–Kier alpha value is -0.650. The normalized spacial score (nSPS) is 48.9. The average molecular weight is 200 g/mol. The molecule has 0 aromatic heterocycles. The van der Waals surface area contributed by atoms with Crippen LogP contribution in [0.5, 0.6) is 0 Å². The Morgan fingerprint density at radius 1 is 1.29 bits per heavy atom. The highest BCUT2D eigenvalue weighted by molar-refractivity contribution is 5.77. The number of hydrogen-bond donors (Lipinski definition) is 0. The summed E-state index contributed by atoms with van der Waals surface area (Å²) in [4.78, 5) is 11.3. The summed E-state index contributed by atoms with van der Waals surface area (Å²) >= 11 is 0. The third-order valence-corrected chi connectivity index (χ3v) is 2.77. The Morgan fingerprint density at radius 2 is 2.00 bits per heavy atom. The molecular weight excluding hydrogens is 188 g/mol. The van der Waals surface area contributed by atoms with Crippen LogP contribution in [-0.4, -0.2) is 42.8 Å². The molecule has 14 heavy (non-hydrogen) atoms. The molecule has 0 radical (unpaired) electrons. The van der Waals surface area contributed by atoms with E-state index in [2.05, 4.69) is 0 Å². The number of fused-ring (bicyclic) bond motifs is 2. The predicted octanol–water partition coefficient (Wildman–Crippen LogP) is -0.169. The molecule has 78 valence electrons. The topological polar surface area (TPSA) is 54.0 Å². The summed E-state index contributed by atoms with van der Waals surface area (Å²) in [5.74, 6) is -0.975. The number of carbonyl (C=O) groups is 1. The van der Waals surface area contributed by atoms with E-state index in [9.17, 15) is 4.79 Å². The zero-order chi connectivity index (χ0) is 9.92. The van der Waals surface area contributed by atoms with Gasteiger partial charge in [-0.25, -0.2) is 4.79 Å². The maximum atomic E-state index is 11.3. The van der Waals surface area contributed by atoms with Gasteiger partial charge in [-0.2, -0.15) is 0 Å². The van der Waals surface area contributed by atoms with E-state index in [0.29, 0.717) is 6.61 Å². The van der Waals surface area contributed by atoms with Gasteiger partial charge in [-0.05, 0) is 13.8 Å². The second kappa shape index (κ2) is 2.48. The molecule has 0 spiro atoms. The van der Waals surface area contributed by atoms with Gasteiger partial charge in [0.15, 0.2) is 18.0 Å². The minimum atomic E-state index is -0.645. The minimum Gasteiger partial charge on any atom is -0.455 e. The first kappa shape index (κ1) is 8.64. The van der Waals surface area contributed by atoms with Crippen LogP contribution in [0.15, 0.2) is 0 Å². The lowest BCUT2D eigenvalue weighted by Gasteiger charge is -2.41. The van der Waals surface area contributed by atoms with E-state index in [4.69, 9.17) is 18.9 Å². The molecule has 0 saturated carbocycles. The molecule has 4 rings (SSSR count). The summed E-state index contributed by atoms with van der Waals surface area (Å²) in [6.45, 7) is 4.07. The van der Waals surface area contributed by atoms with Crippen LogP contribution in [0, 0.1) is 0 Å². The molecule has 0 unspecified atom stereocenters. The summed E-state index contributed by atoms with van der Waals surface area (Å²) in [7, 11) is 0. The van der Waals surface area contributed by atoms with E-state index in [1.165, 1.54) is 0 Å². The lowest BCUT2D eigenvalue weighted by atomic mass is 9.97. The maximum Gasteiger partial charge on any atom is 0.338 e. The molecule has 0 N–H and O–H groups in total. The number of hydrogen-bond acceptors (Lipinski definition) is 5. The van der Waals surface area contributed by atoms with Crippen LogP contribution in [0.1, 0.15) is 13.8 Å². The van der Waals surface area contributed by atoms with E-state index in [-0.39, 0.29) is 24.3 Å². The van der Waals surface area contributed by atoms with Gasteiger partial charge in [-0.3, -0.25) is 0 Å². The van der Waals surface area contributed by atoms with Crippen molar-refractivity contribution in [2.45, 2.75) is 44.1 Å². The van der Waals surface area contributed by atoms with E-state index in [1.807, 2.05) is 13.8 Å². The Kier molecular flexibility index (Phi) is 1.53. The quantitative estimate of drug-likeness (QED) is 0.508. The largest absolute Gasteiger partial charge is 0.455 e. The first-order valence-electron chi connectivity index (χ1n) is 4.74. The Bertz CT molecular complexity index is 287. The van der Waals surface area contributed by atoms with Crippen LogP contribution < -0.4 is 0 Å². The fourth-order valence-electron chi connectivity index (χ4n) is 2.25. The molecule has 4 aliphatic heterocycles. The van der Waals surface area contributed by atoms with Crippen molar-refractivity contribution >= 4 is 5.97 Å². The van der Waals surface area contributed by atoms with Crippen molar-refractivity contribution in [3.8, 4) is 0 Å². The molecular formula is C9H12O5. The third-order valence-electron chi connectivity index (χ3n) is 2.77. The van der Waals surface area contributed by atoms with E-state index in [1.54, 1.807) is 0 Å². The van der Waals surface area contributed by atoms with Gasteiger partial charge in [0.2, 0.25) is 0 Å². The van der Waals surface area contributed by atoms with Crippen LogP contribution in [-0.2, 0) is 23.7 Å². The molecule has 4 saturated heterocycles. The lowest BCUT2D eigenvalue weighted by molar-refractivity contribution is -0.229. The molecule has 4 atom stereocenters. The van der Waals surface area contributed by atoms with Crippen molar-refractivity contribution in [3.63, 3.8) is 0 Å². The fraction of sp³-hybridized carbons (Fsp3) is 0.889. The van der Waals surface area contributed by atoms with Gasteiger partial charge in [-0.1, -0.05) is 0 Å². The van der Waals surface area contributed by atoms with Gasteiger partial charge in [0, 0.05) is 0 Å². The molecule has 4 heterocycles. The Labute approximate surface area is 81.3 Å². The van der Waals surface area contributed by atoms with Crippen molar-refractivity contribution < 1.29 is 23.7 Å². The van der Waals surface area contributed by atoms with Crippen LogP contribution in [0.3, 0.4) is 0 Å². The van der Waals surface area contributed by atoms with Crippen molar-refractivity contribution in [1.29, 1.82) is 0 Å². The van der Waals surface area contributed by atoms with Crippen LogP contribution in [0.4, 0.5) is 0 Å². The fourth-order valence-corrected chi connectivity index (χ4v) is 2.25. The summed E-state index contributed by atoms with van der Waals surface area (Å²) in [6.07, 6.45) is -1.38. The monoisotopic (exact) mass is 200 g/mol. The summed E-state index contributed by atoms with van der Waals surface area (Å²) in [5, 5.41) is 0. The molecule has 5 nitrogen and oxygen atoms in total. The van der Waals surface area contributed by atoms with Crippen LogP contribution in [0.2, 0.25) is 0 Å². The van der Waals surface area contributed by atoms with Gasteiger partial charge >= 0.3 is 5.97 Å². The SMILES string of the molecule is CC1(C)O[C@@H]2[C@H](O1)[C@H]1CO[C@@H]2C(=O)O1. The van der Waals surface area contributed by atoms with Crippen LogP contribution in [0.25, 0.3) is 0 Å². The van der Waals surface area contributed by atoms with Gasteiger partial charge in [0.25, 0.3) is 0 Å². The molecule has 0 aromatic rings. The molecule has 2 bridgehead atoms. The maximum absolute atomic E-state index is 11.3. The molecule has 4 aliphatic rings. The second-order valence-corrected chi connectivity index (χ2v) is 4.29. The third kappa shape index (κ3) is 1.03. The highest BCUT2D eigenvalue weighted by atomic mass is 16.8. The first-order chi connectivity index (χ1) is 6.57. The molecule has 0 amide bonds. The number of ether oxygens (including phenoxy) is 4. The molecule has 4 fully saturated rings. The van der Waals surface area contributed by atoms with Gasteiger partial charge in [-0.15, -0.1) is 0 Å². The van der Waals surface area contributed by atoms with E-state index < -0.39 is 11.9 Å². The first-order valence-corrected chi connectivity index (χ1v) is 4.74. The summed E-state index contributed by atoms with van der Waals surface area (Å²) < 4.78 is 21.7. The highest BCUT2D eigenvalue weighted by Gasteiger charge is 2.59. The van der Waals surface area contributed by atoms with E-state index >= 15 is 0 Å². The second-order valence-electron chi connectivity index (χ2n) is 4.29. The number of carbonyl (C=O) groups excluding carboxylic acids is 1. The van der Waals surface area contributed by atoms with Crippen molar-refractivity contribution in [2.24, 2.45) is 0 Å². The van der Waals surface area contributed by atoms with E-state index in [0.717, 1.165) is 0 Å². The van der Waals surface area contributed by atoms with Crippen molar-refractivity contribution in [3.05, 3.63) is 0 Å². The molecule has 0 aliphatic carbocycles. The minimum absolute atomic E-state index is 0.165. The molecule has 5 heteroatoms. The Morgan fingerprint density at radius 3 is 2.71 bits per heavy atom. The van der Waals surface area contributed by atoms with Gasteiger partial charge < -0.3 is 18.9 Å². The smallest absolute Gasteiger partial charge is 0.338 e. The Balaban J connectivity index is 1.92. The average Bonchev–Trinajstić information content (AvgIpc) is 2.41. The zero-order valence-electron chi connectivity index (χ0n) is 8.06. The van der Waals surface area contributed by atoms with Crippen molar-refractivity contribution in [2.75, 3.05) is 6.61 Å². The number of rotatable bonds is 0. The lowest BCUT2D eigenvalue weighted by Crippen LogP contribution is -2.61. The van der Waals surface area contributed by atoms with Gasteiger partial charge in [0.1, 0.15) is 12.2 Å². The highest BCUT2D eigenvalue weighted by Crippen LogP contribution is 2.39. The molecule has 0 aromatic carbocycles. The summed E-state index contributed by atoms with van der Waals surface area (Å²) in [5.41, 5.74) is 0. The van der Waals surface area contributed by atoms with Gasteiger partial charge in [0.05, 0.1) is 6.61 Å². The van der Waals surface area contributed by atoms with Crippen LogP contribution >= 0.6 is 0 Å². The summed E-state index contributed by atoms with van der Waals surface area (Å²) in [6, 6.07) is 0.